The molecule has 0 aliphatic heterocycles. The fourth-order valence-corrected chi connectivity index (χ4v) is 9.51. The van der Waals surface area contributed by atoms with Gasteiger partial charge < -0.3 is 4.57 Å². The lowest BCUT2D eigenvalue weighted by Crippen LogP contribution is -2.30. The van der Waals surface area contributed by atoms with Crippen LogP contribution in [0.25, 0.3) is 0 Å². The summed E-state index contributed by atoms with van der Waals surface area (Å²) in [4.78, 5) is 0. The summed E-state index contributed by atoms with van der Waals surface area (Å²) >= 11 is 0. The van der Waals surface area contributed by atoms with Crippen LogP contribution >= 0.6 is 15.3 Å². The van der Waals surface area contributed by atoms with Crippen molar-refractivity contribution in [1.29, 1.82) is 0 Å². The van der Waals surface area contributed by atoms with Crippen LogP contribution in [0.1, 0.15) is 85.9 Å². The molecular weight excluding hydrogens is 462 g/mol. The van der Waals surface area contributed by atoms with Crippen molar-refractivity contribution in [2.75, 3.05) is 0 Å². The van der Waals surface area contributed by atoms with Crippen LogP contribution in [-0.4, -0.2) is 5.03 Å². The van der Waals surface area contributed by atoms with Gasteiger partial charge in [-0.3, -0.25) is 0 Å². The van der Waals surface area contributed by atoms with E-state index in [0.717, 1.165) is 23.8 Å². The largest absolute Gasteiger partial charge is 0.309 e. The number of hydrogen-bond donors (Lipinski definition) is 0. The maximum atomic E-state index is 15.0. The molecule has 0 amide bonds. The maximum absolute atomic E-state index is 15.0. The third-order valence-corrected chi connectivity index (χ3v) is 11.7. The van der Waals surface area contributed by atoms with Gasteiger partial charge in [-0.15, -0.1) is 0 Å². The van der Waals surface area contributed by atoms with Crippen molar-refractivity contribution >= 4 is 36.3 Å². The summed E-state index contributed by atoms with van der Waals surface area (Å²) in [6.45, 7) is 22.7. The smallest absolute Gasteiger partial charge is 0.171 e. The molecule has 0 aliphatic rings. The topological polar surface area (TPSA) is 17.1 Å². The molecule has 1 nitrogen and oxygen atoms in total. The monoisotopic (exact) mass is 504 g/mol. The Morgan fingerprint density at radius 2 is 1.00 bits per heavy atom. The quantitative estimate of drug-likeness (QED) is 0.327. The fraction of sp³-hybridized carbons (Fsp3) is 0.406. The van der Waals surface area contributed by atoms with E-state index >= 15 is 4.57 Å². The van der Waals surface area contributed by atoms with Gasteiger partial charge in [-0.1, -0.05) is 143 Å². The van der Waals surface area contributed by atoms with Crippen molar-refractivity contribution in [2.45, 2.75) is 85.5 Å². The molecule has 0 fully saturated rings. The molecule has 0 N–H and O–H groups in total. The lowest BCUT2D eigenvalue weighted by molar-refractivity contribution is 0.554. The van der Waals surface area contributed by atoms with Gasteiger partial charge in [-0.25, -0.2) is 0 Å². The summed E-state index contributed by atoms with van der Waals surface area (Å²) < 4.78 is 15.0. The molecule has 0 bridgehead atoms. The average molecular weight is 505 g/mol. The minimum atomic E-state index is -2.96. The van der Waals surface area contributed by atoms with E-state index in [1.807, 2.05) is 60.7 Å². The molecule has 0 spiro atoms. The van der Waals surface area contributed by atoms with Gasteiger partial charge in [0.15, 0.2) is 7.14 Å². The van der Waals surface area contributed by atoms with Crippen LogP contribution in [0.5, 0.6) is 0 Å². The average Bonchev–Trinajstić information content (AvgIpc) is 2.77. The van der Waals surface area contributed by atoms with E-state index in [2.05, 4.69) is 81.4 Å². The van der Waals surface area contributed by atoms with E-state index in [9.17, 15) is 0 Å². The molecule has 0 aromatic heterocycles. The standard InChI is InChI=1S/C32H42OP2/c1-23(35(33,25-17-13-11-14-18-25)26-19-15-12-16-20-26)34-29-27(31(5,6)7)21-24(30(2,3)4)22-28(29)32(8,9)10/h11-22H,1-10H3. The van der Waals surface area contributed by atoms with E-state index in [1.165, 1.54) is 22.0 Å². The zero-order valence-corrected chi connectivity index (χ0v) is 25.0. The Kier molecular flexibility index (Phi) is 7.77. The van der Waals surface area contributed by atoms with Gasteiger partial charge in [0, 0.05) is 20.9 Å². The Balaban J connectivity index is 2.41. The van der Waals surface area contributed by atoms with Crippen molar-refractivity contribution in [3.8, 4) is 0 Å². The van der Waals surface area contributed by atoms with Crippen LogP contribution in [0.4, 0.5) is 0 Å². The Labute approximate surface area is 215 Å². The first kappa shape index (κ1) is 27.6. The van der Waals surface area contributed by atoms with Gasteiger partial charge in [0.2, 0.25) is 0 Å². The van der Waals surface area contributed by atoms with Crippen molar-refractivity contribution in [1.82, 2.24) is 0 Å². The van der Waals surface area contributed by atoms with Gasteiger partial charge in [0.1, 0.15) is 0 Å². The third-order valence-electron chi connectivity index (χ3n) is 6.56. The highest BCUT2D eigenvalue weighted by Crippen LogP contribution is 2.48. The Bertz CT molecular complexity index is 1170. The molecule has 0 aliphatic carbocycles. The summed E-state index contributed by atoms with van der Waals surface area (Å²) in [7, 11) is -1.93. The minimum absolute atomic E-state index is 0.0344. The van der Waals surface area contributed by atoms with Crippen LogP contribution in [0, 0.1) is 0 Å². The van der Waals surface area contributed by atoms with Crippen LogP contribution in [-0.2, 0) is 20.8 Å². The summed E-state index contributed by atoms with van der Waals surface area (Å²) in [5.41, 5.74) is 4.04. The molecule has 186 valence electrons. The van der Waals surface area contributed by atoms with E-state index in [0.29, 0.717) is 0 Å². The number of rotatable bonds is 4. The van der Waals surface area contributed by atoms with E-state index < -0.39 is 7.14 Å². The normalized spacial score (nSPS) is 13.7. The van der Waals surface area contributed by atoms with Crippen molar-refractivity contribution in [3.63, 3.8) is 0 Å². The van der Waals surface area contributed by atoms with Crippen LogP contribution < -0.4 is 15.9 Å². The second-order valence-electron chi connectivity index (χ2n) is 12.6. The molecule has 0 heterocycles. The van der Waals surface area contributed by atoms with Gasteiger partial charge in [0.25, 0.3) is 0 Å². The Morgan fingerprint density at radius 3 is 1.31 bits per heavy atom. The third kappa shape index (κ3) is 5.90. The number of hydrogen-bond acceptors (Lipinski definition) is 1. The molecule has 3 aromatic carbocycles. The van der Waals surface area contributed by atoms with Gasteiger partial charge in [-0.05, 0) is 39.9 Å². The maximum Gasteiger partial charge on any atom is 0.171 e. The molecule has 0 saturated carbocycles. The predicted octanol–water partition coefficient (Wildman–Crippen LogP) is 8.31. The molecule has 35 heavy (non-hydrogen) atoms. The van der Waals surface area contributed by atoms with Gasteiger partial charge in [-0.2, -0.15) is 0 Å². The van der Waals surface area contributed by atoms with E-state index in [1.54, 1.807) is 0 Å². The molecule has 0 atom stereocenters. The van der Waals surface area contributed by atoms with E-state index in [4.69, 9.17) is 0 Å². The molecule has 3 heteroatoms. The second kappa shape index (κ2) is 9.84. The summed E-state index contributed by atoms with van der Waals surface area (Å²) in [5, 5.41) is 4.12. The van der Waals surface area contributed by atoms with Crippen molar-refractivity contribution in [3.05, 3.63) is 89.5 Å². The lowest BCUT2D eigenvalue weighted by Gasteiger charge is -2.33. The Hall–Kier alpha value is -1.94. The molecule has 3 rings (SSSR count). The van der Waals surface area contributed by atoms with Crippen LogP contribution in [0.2, 0.25) is 0 Å². The minimum Gasteiger partial charge on any atom is -0.309 e. The fourth-order valence-electron chi connectivity index (χ4n) is 4.36. The molecular formula is C32H42OP2. The second-order valence-corrected chi connectivity index (χ2v) is 17.2. The zero-order valence-electron chi connectivity index (χ0n) is 23.2. The SMILES string of the molecule is CC(=Pc1c(C(C)(C)C)cc(C(C)(C)C)cc1C(C)(C)C)P(=O)(c1ccccc1)c1ccccc1. The zero-order chi connectivity index (χ0) is 26.2. The highest BCUT2D eigenvalue weighted by Gasteiger charge is 2.33. The summed E-state index contributed by atoms with van der Waals surface area (Å²) in [6, 6.07) is 24.8. The van der Waals surface area contributed by atoms with Crippen molar-refractivity contribution in [2.24, 2.45) is 0 Å². The molecule has 3 aromatic rings. The first-order valence-electron chi connectivity index (χ1n) is 12.5. The lowest BCUT2D eigenvalue weighted by atomic mass is 9.75. The molecule has 0 saturated heterocycles. The van der Waals surface area contributed by atoms with Gasteiger partial charge >= 0.3 is 0 Å². The first-order valence-corrected chi connectivity index (χ1v) is 15.1. The molecule has 0 unspecified atom stereocenters. The van der Waals surface area contributed by atoms with Crippen LogP contribution in [0.3, 0.4) is 0 Å². The van der Waals surface area contributed by atoms with Gasteiger partial charge in [0.05, 0.1) is 0 Å². The summed E-state index contributed by atoms with van der Waals surface area (Å²) in [6.07, 6.45) is 0. The molecule has 0 radical (unpaired) electrons. The van der Waals surface area contributed by atoms with Crippen molar-refractivity contribution < 1.29 is 4.57 Å². The number of benzene rings is 3. The highest BCUT2D eigenvalue weighted by molar-refractivity contribution is 8.00. The highest BCUT2D eigenvalue weighted by atomic mass is 31.2. The Morgan fingerprint density at radius 1 is 0.629 bits per heavy atom. The first-order chi connectivity index (χ1) is 16.1. The van der Waals surface area contributed by atoms with Crippen LogP contribution in [0.15, 0.2) is 72.8 Å². The van der Waals surface area contributed by atoms with E-state index in [-0.39, 0.29) is 16.2 Å². The summed E-state index contributed by atoms with van der Waals surface area (Å²) in [5.74, 6) is 0. The predicted molar refractivity (Wildman–Crippen MR) is 160 cm³/mol.